The second-order valence-electron chi connectivity index (χ2n) is 14.0. The molecule has 2 aliphatic heterocycles. The van der Waals surface area contributed by atoms with Crippen LogP contribution < -0.4 is 5.32 Å². The highest BCUT2D eigenvalue weighted by molar-refractivity contribution is 6.30. The summed E-state index contributed by atoms with van der Waals surface area (Å²) in [7, 11) is 0. The number of likely N-dealkylation sites (tertiary alicyclic amines) is 1. The van der Waals surface area contributed by atoms with Crippen molar-refractivity contribution in [3.05, 3.63) is 123 Å². The zero-order valence-corrected chi connectivity index (χ0v) is 28.5. The lowest BCUT2D eigenvalue weighted by Crippen LogP contribution is -2.63. The number of ether oxygens (including phenoxy) is 1. The SMILES string of the molecule is C[C@H]1[C@H](c2ccnc(Cl)c2F)[C@@]2(C(=O)Nc3nc(Cl)ccc32)C2(CCC(C)(C)CC2)N1[C@H](c1ccccc1)[C@@H](OC=O)c1ccccc1. The predicted molar refractivity (Wildman–Crippen MR) is 183 cm³/mol. The van der Waals surface area contributed by atoms with Crippen LogP contribution in [0.2, 0.25) is 10.3 Å². The van der Waals surface area contributed by atoms with E-state index in [1.807, 2.05) is 73.7 Å². The Morgan fingerprint density at radius 3 is 2.25 bits per heavy atom. The van der Waals surface area contributed by atoms with Crippen LogP contribution in [0.25, 0.3) is 0 Å². The van der Waals surface area contributed by atoms with Crippen molar-refractivity contribution in [2.45, 2.75) is 81.5 Å². The van der Waals surface area contributed by atoms with E-state index in [1.165, 1.54) is 6.20 Å². The van der Waals surface area contributed by atoms with Gasteiger partial charge in [-0.15, -0.1) is 0 Å². The molecule has 7 nitrogen and oxygen atoms in total. The summed E-state index contributed by atoms with van der Waals surface area (Å²) >= 11 is 12.8. The van der Waals surface area contributed by atoms with E-state index in [0.29, 0.717) is 36.3 Å². The Morgan fingerprint density at radius 1 is 0.958 bits per heavy atom. The number of carbonyl (C=O) groups is 2. The number of aromatic nitrogens is 2. The zero-order chi connectivity index (χ0) is 33.8. The Bertz CT molecular complexity index is 1850. The molecule has 5 atom stereocenters. The highest BCUT2D eigenvalue weighted by atomic mass is 35.5. The summed E-state index contributed by atoms with van der Waals surface area (Å²) in [5.41, 5.74) is 0.463. The predicted octanol–water partition coefficient (Wildman–Crippen LogP) is 8.59. The van der Waals surface area contributed by atoms with Gasteiger partial charge in [0.15, 0.2) is 11.0 Å². The number of nitrogens with one attached hydrogen (secondary N) is 1. The summed E-state index contributed by atoms with van der Waals surface area (Å²) in [6.45, 7) is 7.03. The van der Waals surface area contributed by atoms with Crippen molar-refractivity contribution < 1.29 is 18.7 Å². The normalized spacial score (nSPS) is 25.4. The second kappa shape index (κ2) is 12.2. The first-order valence-electron chi connectivity index (χ1n) is 16.3. The molecule has 1 aliphatic carbocycles. The van der Waals surface area contributed by atoms with Crippen LogP contribution in [0.1, 0.15) is 86.8 Å². The van der Waals surface area contributed by atoms with Gasteiger partial charge >= 0.3 is 0 Å². The Morgan fingerprint density at radius 2 is 1.60 bits per heavy atom. The Hall–Kier alpha value is -3.85. The first-order valence-corrected chi connectivity index (χ1v) is 17.1. The van der Waals surface area contributed by atoms with E-state index in [-0.39, 0.29) is 21.6 Å². The largest absolute Gasteiger partial charge is 0.458 e. The number of anilines is 1. The number of hydrogen-bond donors (Lipinski definition) is 1. The van der Waals surface area contributed by atoms with E-state index in [9.17, 15) is 4.79 Å². The molecule has 0 bridgehead atoms. The molecule has 1 amide bonds. The van der Waals surface area contributed by atoms with Gasteiger partial charge in [0.05, 0.1) is 6.04 Å². The molecule has 248 valence electrons. The maximum absolute atomic E-state index is 16.5. The van der Waals surface area contributed by atoms with E-state index in [0.717, 1.165) is 24.0 Å². The van der Waals surface area contributed by atoms with Gasteiger partial charge in [-0.2, -0.15) is 0 Å². The summed E-state index contributed by atoms with van der Waals surface area (Å²) in [6, 6.07) is 23.7. The summed E-state index contributed by atoms with van der Waals surface area (Å²) in [4.78, 5) is 38.4. The van der Waals surface area contributed by atoms with Gasteiger partial charge in [0.2, 0.25) is 5.91 Å². The number of amides is 1. The molecule has 0 unspecified atom stereocenters. The number of pyridine rings is 2. The average Bonchev–Trinajstić information content (AvgIpc) is 3.48. The fourth-order valence-electron chi connectivity index (χ4n) is 9.20. The van der Waals surface area contributed by atoms with Gasteiger partial charge in [-0.1, -0.05) is 104 Å². The minimum absolute atomic E-state index is 0.00118. The van der Waals surface area contributed by atoms with Gasteiger partial charge in [0.25, 0.3) is 6.47 Å². The van der Waals surface area contributed by atoms with Crippen LogP contribution in [-0.2, 0) is 19.7 Å². The third-order valence-electron chi connectivity index (χ3n) is 11.2. The maximum Gasteiger partial charge on any atom is 0.293 e. The Kier molecular flexibility index (Phi) is 8.33. The third kappa shape index (κ3) is 4.86. The van der Waals surface area contributed by atoms with E-state index >= 15 is 9.18 Å². The minimum Gasteiger partial charge on any atom is -0.458 e. The molecule has 0 radical (unpaired) electrons. The van der Waals surface area contributed by atoms with Crippen molar-refractivity contribution in [1.82, 2.24) is 14.9 Å². The number of fused-ring (bicyclic) bond motifs is 3. The topological polar surface area (TPSA) is 84.4 Å². The molecule has 3 aliphatic rings. The van der Waals surface area contributed by atoms with Gasteiger partial charge in [0, 0.05) is 29.3 Å². The lowest BCUT2D eigenvalue weighted by Gasteiger charge is -2.56. The molecule has 1 saturated carbocycles. The Balaban J connectivity index is 1.59. The van der Waals surface area contributed by atoms with E-state index in [1.54, 1.807) is 12.1 Å². The molecule has 2 spiro atoms. The van der Waals surface area contributed by atoms with Crippen molar-refractivity contribution in [3.8, 4) is 0 Å². The van der Waals surface area contributed by atoms with Crippen molar-refractivity contribution in [1.29, 1.82) is 0 Å². The minimum atomic E-state index is -1.32. The summed E-state index contributed by atoms with van der Waals surface area (Å²) < 4.78 is 22.5. The lowest BCUT2D eigenvalue weighted by molar-refractivity contribution is -0.144. The average molecular weight is 688 g/mol. The summed E-state index contributed by atoms with van der Waals surface area (Å²) in [5, 5.41) is 3.07. The van der Waals surface area contributed by atoms with Gasteiger partial charge in [-0.3, -0.25) is 14.5 Å². The molecular weight excluding hydrogens is 650 g/mol. The molecule has 4 aromatic rings. The molecule has 7 rings (SSSR count). The van der Waals surface area contributed by atoms with E-state index < -0.39 is 40.9 Å². The highest BCUT2D eigenvalue weighted by Crippen LogP contribution is 2.69. The number of benzene rings is 2. The maximum atomic E-state index is 16.5. The quantitative estimate of drug-likeness (QED) is 0.155. The second-order valence-corrected chi connectivity index (χ2v) is 14.8. The van der Waals surface area contributed by atoms with Gasteiger partial charge in [0.1, 0.15) is 22.5 Å². The standard InChI is InChI=1S/C38H37Cl2FN4O3/c1-23-29(26-16-21-42-33(40)30(26)41)38(27-14-15-28(39)43-34(27)44-35(38)47)37(19-17-36(2,3)18-20-37)45(23)31(24-10-6-4-7-11-24)32(48-22-46)25-12-8-5-9-13-25/h4-16,21-23,29,31-32H,17-20H2,1-3H3,(H,43,44,47)/t23-,29+,31+,32-,38-/m0/s1. The number of nitrogens with zero attached hydrogens (tertiary/aromatic N) is 3. The number of rotatable bonds is 7. The van der Waals surface area contributed by atoms with Gasteiger partial charge in [-0.25, -0.2) is 14.4 Å². The van der Waals surface area contributed by atoms with E-state index in [4.69, 9.17) is 27.9 Å². The lowest BCUT2D eigenvalue weighted by atomic mass is 9.53. The number of hydrogen-bond acceptors (Lipinski definition) is 6. The van der Waals surface area contributed by atoms with E-state index in [2.05, 4.69) is 34.0 Å². The van der Waals surface area contributed by atoms with Crippen molar-refractivity contribution >= 4 is 41.4 Å². The molecule has 48 heavy (non-hydrogen) atoms. The Labute approximate surface area is 289 Å². The molecule has 4 heterocycles. The number of carbonyl (C=O) groups excluding carboxylic acids is 2. The van der Waals surface area contributed by atoms with Crippen molar-refractivity contribution in [2.24, 2.45) is 5.41 Å². The van der Waals surface area contributed by atoms with Crippen LogP contribution in [0.15, 0.2) is 85.1 Å². The summed E-state index contributed by atoms with van der Waals surface area (Å²) in [5.74, 6) is -1.29. The third-order valence-corrected chi connectivity index (χ3v) is 11.7. The van der Waals surface area contributed by atoms with Crippen molar-refractivity contribution in [2.75, 3.05) is 5.32 Å². The first kappa shape index (κ1) is 32.7. The fourth-order valence-corrected chi connectivity index (χ4v) is 9.51. The molecule has 1 saturated heterocycles. The molecule has 2 fully saturated rings. The van der Waals surface area contributed by atoms with Crippen LogP contribution in [0.3, 0.4) is 0 Å². The van der Waals surface area contributed by atoms with Crippen LogP contribution >= 0.6 is 23.2 Å². The van der Waals surface area contributed by atoms with Crippen LogP contribution in [0, 0.1) is 11.2 Å². The van der Waals surface area contributed by atoms with Crippen LogP contribution in [0.5, 0.6) is 0 Å². The van der Waals surface area contributed by atoms with Gasteiger partial charge < -0.3 is 10.1 Å². The zero-order valence-electron chi connectivity index (χ0n) is 27.0. The molecule has 10 heteroatoms. The summed E-state index contributed by atoms with van der Waals surface area (Å²) in [6.07, 6.45) is 3.57. The highest BCUT2D eigenvalue weighted by Gasteiger charge is 2.75. The monoisotopic (exact) mass is 686 g/mol. The molecule has 1 N–H and O–H groups in total. The smallest absolute Gasteiger partial charge is 0.293 e. The van der Waals surface area contributed by atoms with Crippen LogP contribution in [-0.4, -0.2) is 38.8 Å². The van der Waals surface area contributed by atoms with Crippen LogP contribution in [0.4, 0.5) is 10.2 Å². The first-order chi connectivity index (χ1) is 23.1. The van der Waals surface area contributed by atoms with Crippen molar-refractivity contribution in [3.63, 3.8) is 0 Å². The molecule has 2 aromatic carbocycles. The molecule has 2 aromatic heterocycles. The molecular formula is C38H37Cl2FN4O3. The van der Waals surface area contributed by atoms with Gasteiger partial charge in [-0.05, 0) is 66.8 Å². The number of halogens is 3. The fraction of sp³-hybridized carbons (Fsp3) is 0.368.